The average molecular weight is 451 g/mol. The van der Waals surface area contributed by atoms with Crippen LogP contribution < -0.4 is 10.2 Å². The molecule has 3 aliphatic rings. The van der Waals surface area contributed by atoms with Crippen molar-refractivity contribution < 1.29 is 9.90 Å². The number of nitrogens with one attached hydrogen (secondary N) is 1. The summed E-state index contributed by atoms with van der Waals surface area (Å²) in [4.78, 5) is 27.5. The number of piperidine rings is 2. The van der Waals surface area contributed by atoms with Gasteiger partial charge in [-0.2, -0.15) is 4.98 Å². The summed E-state index contributed by atoms with van der Waals surface area (Å²) in [6, 6.07) is 10.9. The molecule has 5 rings (SSSR count). The summed E-state index contributed by atoms with van der Waals surface area (Å²) in [6.45, 7) is 6.54. The number of hydrogen-bond acceptors (Lipinski definition) is 7. The van der Waals surface area contributed by atoms with Gasteiger partial charge in [0.15, 0.2) is 0 Å². The van der Waals surface area contributed by atoms with E-state index in [2.05, 4.69) is 44.4 Å². The summed E-state index contributed by atoms with van der Waals surface area (Å²) in [7, 11) is 0. The van der Waals surface area contributed by atoms with Gasteiger partial charge in [0.1, 0.15) is 5.82 Å². The van der Waals surface area contributed by atoms with E-state index < -0.39 is 0 Å². The van der Waals surface area contributed by atoms with Crippen molar-refractivity contribution in [3.63, 3.8) is 0 Å². The smallest absolute Gasteiger partial charge is 0.227 e. The van der Waals surface area contributed by atoms with Crippen LogP contribution in [-0.4, -0.2) is 81.7 Å². The van der Waals surface area contributed by atoms with E-state index in [0.717, 1.165) is 70.3 Å². The van der Waals surface area contributed by atoms with Crippen LogP contribution in [0.1, 0.15) is 37.3 Å². The average Bonchev–Trinajstić information content (AvgIpc) is 2.84. The van der Waals surface area contributed by atoms with Gasteiger partial charge in [-0.05, 0) is 42.9 Å². The number of aliphatic hydroxyl groups is 1. The summed E-state index contributed by atoms with van der Waals surface area (Å²) in [5, 5.41) is 14.4. The lowest BCUT2D eigenvalue weighted by atomic mass is 9.94. The molecule has 0 radical (unpaired) electrons. The Morgan fingerprint density at radius 1 is 1.06 bits per heavy atom. The third kappa shape index (κ3) is 4.96. The maximum atomic E-state index is 11.6. The Hall–Kier alpha value is -2.71. The molecule has 2 N–H and O–H groups in total. The lowest BCUT2D eigenvalue weighted by Crippen LogP contribution is -2.56. The van der Waals surface area contributed by atoms with Gasteiger partial charge in [0.05, 0.1) is 12.1 Å². The van der Waals surface area contributed by atoms with Gasteiger partial charge in [-0.3, -0.25) is 9.69 Å². The molecule has 176 valence electrons. The molecule has 1 aromatic carbocycles. The van der Waals surface area contributed by atoms with Crippen LogP contribution in [0.5, 0.6) is 0 Å². The van der Waals surface area contributed by atoms with Gasteiger partial charge in [-0.15, -0.1) is 0 Å². The van der Waals surface area contributed by atoms with Crippen LogP contribution in [0, 0.1) is 0 Å². The maximum Gasteiger partial charge on any atom is 0.227 e. The van der Waals surface area contributed by atoms with Crippen molar-refractivity contribution in [3.05, 3.63) is 47.7 Å². The monoisotopic (exact) mass is 450 g/mol. The molecule has 0 spiro atoms. The molecule has 2 aromatic rings. The molecule has 8 heteroatoms. The third-order valence-corrected chi connectivity index (χ3v) is 7.39. The van der Waals surface area contributed by atoms with Crippen LogP contribution in [0.3, 0.4) is 0 Å². The lowest BCUT2D eigenvalue weighted by molar-refractivity contribution is -0.129. The van der Waals surface area contributed by atoms with Crippen molar-refractivity contribution in [1.82, 2.24) is 19.8 Å². The highest BCUT2D eigenvalue weighted by atomic mass is 16.3. The van der Waals surface area contributed by atoms with Crippen LogP contribution in [0.2, 0.25) is 0 Å². The summed E-state index contributed by atoms with van der Waals surface area (Å²) in [5.74, 6) is 1.70. The second-order valence-corrected chi connectivity index (χ2v) is 9.53. The molecule has 2 atom stereocenters. The molecule has 4 heterocycles. The van der Waals surface area contributed by atoms with Crippen molar-refractivity contribution in [3.8, 4) is 0 Å². The zero-order valence-electron chi connectivity index (χ0n) is 19.4. The highest BCUT2D eigenvalue weighted by Gasteiger charge is 2.35. The first kappa shape index (κ1) is 22.1. The molecule has 2 fully saturated rings. The molecule has 0 unspecified atom stereocenters. The molecule has 0 saturated carbocycles. The van der Waals surface area contributed by atoms with E-state index in [9.17, 15) is 9.90 Å². The number of benzene rings is 1. The minimum Gasteiger partial charge on any atom is -0.391 e. The third-order valence-electron chi connectivity index (χ3n) is 7.39. The van der Waals surface area contributed by atoms with Crippen LogP contribution >= 0.6 is 0 Å². The second kappa shape index (κ2) is 9.65. The van der Waals surface area contributed by atoms with Gasteiger partial charge in [0.2, 0.25) is 11.9 Å². The van der Waals surface area contributed by atoms with Gasteiger partial charge < -0.3 is 20.2 Å². The van der Waals surface area contributed by atoms with Gasteiger partial charge in [0, 0.05) is 58.4 Å². The summed E-state index contributed by atoms with van der Waals surface area (Å²) in [6.07, 6.45) is 5.07. The predicted octanol–water partition coefficient (Wildman–Crippen LogP) is 1.90. The van der Waals surface area contributed by atoms with Crippen molar-refractivity contribution in [2.75, 3.05) is 42.9 Å². The number of hydrogen-bond donors (Lipinski definition) is 2. The molecule has 2 saturated heterocycles. The van der Waals surface area contributed by atoms with Crippen molar-refractivity contribution in [2.45, 2.75) is 57.3 Å². The topological polar surface area (TPSA) is 84.8 Å². The first-order chi connectivity index (χ1) is 16.1. The summed E-state index contributed by atoms with van der Waals surface area (Å²) in [5.41, 5.74) is 2.79. The SMILES string of the molecule is CC(=O)N1CCC(Nc2ccnc(N3CC[C@@H](O)[C@H](N4CCc5ccccc5C4)C3)n2)CC1. The number of aromatic nitrogens is 2. The number of rotatable bonds is 4. The molecule has 1 aromatic heterocycles. The zero-order chi connectivity index (χ0) is 22.8. The normalized spacial score (nSPS) is 24.4. The van der Waals surface area contributed by atoms with Crippen LogP contribution in [0.25, 0.3) is 0 Å². The fourth-order valence-corrected chi connectivity index (χ4v) is 5.39. The van der Waals surface area contributed by atoms with E-state index in [1.165, 1.54) is 11.1 Å². The number of carbonyl (C=O) groups excluding carboxylic acids is 1. The fourth-order valence-electron chi connectivity index (χ4n) is 5.39. The maximum absolute atomic E-state index is 11.6. The number of amides is 1. The number of nitrogens with zero attached hydrogens (tertiary/aromatic N) is 5. The second-order valence-electron chi connectivity index (χ2n) is 9.53. The number of likely N-dealkylation sites (tertiary alicyclic amines) is 1. The van der Waals surface area contributed by atoms with Gasteiger partial charge >= 0.3 is 0 Å². The van der Waals surface area contributed by atoms with Crippen molar-refractivity contribution >= 4 is 17.7 Å². The molecule has 33 heavy (non-hydrogen) atoms. The molecule has 0 bridgehead atoms. The Morgan fingerprint density at radius 3 is 2.64 bits per heavy atom. The first-order valence-corrected chi connectivity index (χ1v) is 12.2. The van der Waals surface area contributed by atoms with E-state index in [-0.39, 0.29) is 18.1 Å². The van der Waals surface area contributed by atoms with Crippen LogP contribution in [0.15, 0.2) is 36.5 Å². The standard InChI is InChI=1S/C25H34N6O2/c1-18(32)29-13-8-21(9-14-29)27-24-6-11-26-25(28-24)31-15-10-23(33)22(17-31)30-12-7-19-4-2-3-5-20(19)16-30/h2-6,11,21-23,33H,7-10,12-17H2,1H3,(H,26,27,28)/t22-,23-/m1/s1. The van der Waals surface area contributed by atoms with E-state index in [0.29, 0.717) is 12.5 Å². The number of carbonyl (C=O) groups is 1. The highest BCUT2D eigenvalue weighted by molar-refractivity contribution is 5.73. The van der Waals surface area contributed by atoms with E-state index in [4.69, 9.17) is 4.98 Å². The lowest BCUT2D eigenvalue weighted by Gasteiger charge is -2.44. The Kier molecular flexibility index (Phi) is 6.46. The highest BCUT2D eigenvalue weighted by Crippen LogP contribution is 2.26. The molecule has 8 nitrogen and oxygen atoms in total. The minimum atomic E-state index is -0.334. The molecule has 3 aliphatic heterocycles. The Morgan fingerprint density at radius 2 is 1.85 bits per heavy atom. The molecular weight excluding hydrogens is 416 g/mol. The van der Waals surface area contributed by atoms with E-state index in [1.807, 2.05) is 17.2 Å². The van der Waals surface area contributed by atoms with Crippen molar-refractivity contribution in [2.24, 2.45) is 0 Å². The minimum absolute atomic E-state index is 0.0724. The zero-order valence-corrected chi connectivity index (χ0v) is 19.4. The quantitative estimate of drug-likeness (QED) is 0.736. The fraction of sp³-hybridized carbons (Fsp3) is 0.560. The molecule has 1 amide bonds. The summed E-state index contributed by atoms with van der Waals surface area (Å²) < 4.78 is 0. The predicted molar refractivity (Wildman–Crippen MR) is 128 cm³/mol. The summed E-state index contributed by atoms with van der Waals surface area (Å²) >= 11 is 0. The Bertz CT molecular complexity index is 977. The van der Waals surface area contributed by atoms with Gasteiger partial charge in [-0.25, -0.2) is 4.98 Å². The van der Waals surface area contributed by atoms with Gasteiger partial charge in [-0.1, -0.05) is 24.3 Å². The Labute approximate surface area is 195 Å². The van der Waals surface area contributed by atoms with E-state index in [1.54, 1.807) is 6.92 Å². The van der Waals surface area contributed by atoms with Crippen LogP contribution in [0.4, 0.5) is 11.8 Å². The molecular formula is C25H34N6O2. The first-order valence-electron chi connectivity index (χ1n) is 12.2. The van der Waals surface area contributed by atoms with Crippen LogP contribution in [-0.2, 0) is 17.8 Å². The van der Waals surface area contributed by atoms with Crippen molar-refractivity contribution in [1.29, 1.82) is 0 Å². The van der Waals surface area contributed by atoms with E-state index >= 15 is 0 Å². The number of anilines is 2. The number of aliphatic hydroxyl groups excluding tert-OH is 1. The Balaban J connectivity index is 1.23. The number of fused-ring (bicyclic) bond motifs is 1. The molecule has 0 aliphatic carbocycles. The largest absolute Gasteiger partial charge is 0.391 e. The van der Waals surface area contributed by atoms with Gasteiger partial charge in [0.25, 0.3) is 0 Å².